The van der Waals surface area contributed by atoms with Crippen LogP contribution in [0.1, 0.15) is 38.7 Å². The zero-order valence-corrected chi connectivity index (χ0v) is 12.4. The van der Waals surface area contributed by atoms with Gasteiger partial charge in [-0.15, -0.1) is 0 Å². The summed E-state index contributed by atoms with van der Waals surface area (Å²) in [6.45, 7) is 7.16. The number of phenolic OH excluding ortho intramolecular Hbond substituents is 1. The molecule has 104 valence electrons. The van der Waals surface area contributed by atoms with Gasteiger partial charge in [0.1, 0.15) is 5.75 Å². The van der Waals surface area contributed by atoms with Crippen LogP contribution in [0.2, 0.25) is 0 Å². The molecular formula is C17H25NO. The predicted molar refractivity (Wildman–Crippen MR) is 83.9 cm³/mol. The van der Waals surface area contributed by atoms with Gasteiger partial charge in [-0.25, -0.2) is 0 Å². The third kappa shape index (κ3) is 3.48. The molecule has 0 aliphatic carbocycles. The van der Waals surface area contributed by atoms with E-state index in [1.165, 1.54) is 5.56 Å². The van der Waals surface area contributed by atoms with Crippen LogP contribution in [0.3, 0.4) is 0 Å². The summed E-state index contributed by atoms with van der Waals surface area (Å²) in [6.07, 6.45) is 1.09. The molecule has 19 heavy (non-hydrogen) atoms. The van der Waals surface area contributed by atoms with E-state index < -0.39 is 0 Å². The third-order valence-electron chi connectivity index (χ3n) is 3.32. The topological polar surface area (TPSA) is 32.3 Å². The maximum atomic E-state index is 9.86. The largest absolute Gasteiger partial charge is 0.507 e. The molecule has 2 aromatic carbocycles. The van der Waals surface area contributed by atoms with E-state index in [1.54, 1.807) is 6.07 Å². The fourth-order valence-electron chi connectivity index (χ4n) is 2.38. The number of hydrogen-bond donors (Lipinski definition) is 2. The number of hydrogen-bond acceptors (Lipinski definition) is 2. The Bertz CT molecular complexity index is 508. The van der Waals surface area contributed by atoms with Crippen LogP contribution < -0.4 is 5.32 Å². The number of nitrogens with one attached hydrogen (secondary N) is 1. The molecular weight excluding hydrogens is 234 g/mol. The number of fused-ring (bicyclic) bond motifs is 1. The molecule has 0 aliphatic rings. The van der Waals surface area contributed by atoms with E-state index in [4.69, 9.17) is 0 Å². The van der Waals surface area contributed by atoms with Crippen LogP contribution in [0.15, 0.2) is 36.4 Å². The summed E-state index contributed by atoms with van der Waals surface area (Å²) in [5.74, 6) is 0.856. The molecule has 0 aromatic heterocycles. The summed E-state index contributed by atoms with van der Waals surface area (Å²) in [6, 6.07) is 11.9. The number of phenols is 1. The van der Waals surface area contributed by atoms with Crippen molar-refractivity contribution < 1.29 is 5.11 Å². The van der Waals surface area contributed by atoms with Crippen molar-refractivity contribution in [2.24, 2.45) is 0 Å². The second-order valence-electron chi connectivity index (χ2n) is 4.38. The van der Waals surface area contributed by atoms with Crippen LogP contribution in [-0.2, 0) is 0 Å². The highest BCUT2D eigenvalue weighted by atomic mass is 16.3. The summed E-state index contributed by atoms with van der Waals surface area (Å²) in [5.41, 5.74) is 1.32. The molecule has 0 spiro atoms. The van der Waals surface area contributed by atoms with Crippen molar-refractivity contribution in [1.82, 2.24) is 5.32 Å². The van der Waals surface area contributed by atoms with Crippen LogP contribution in [0.5, 0.6) is 5.75 Å². The maximum absolute atomic E-state index is 9.86. The van der Waals surface area contributed by atoms with Crippen molar-refractivity contribution in [3.63, 3.8) is 0 Å². The standard InChI is InChI=1S/C15H19NO.C2H6/c1-3-11(10-16-2)12-8-9-15(17)14-7-5-4-6-13(12)14;1-2/h4-9,11,16-17H,3,10H2,1-2H3;1-2H3. The molecule has 2 rings (SSSR count). The van der Waals surface area contributed by atoms with E-state index in [-0.39, 0.29) is 0 Å². The van der Waals surface area contributed by atoms with Crippen molar-refractivity contribution in [3.05, 3.63) is 42.0 Å². The fraction of sp³-hybridized carbons (Fsp3) is 0.412. The molecule has 2 heteroatoms. The first-order valence-electron chi connectivity index (χ1n) is 7.13. The fourth-order valence-corrected chi connectivity index (χ4v) is 2.38. The number of benzene rings is 2. The normalized spacial score (nSPS) is 11.8. The van der Waals surface area contributed by atoms with Crippen molar-refractivity contribution >= 4 is 10.8 Å². The summed E-state index contributed by atoms with van der Waals surface area (Å²) in [5, 5.41) is 15.2. The van der Waals surface area contributed by atoms with Gasteiger partial charge >= 0.3 is 0 Å². The summed E-state index contributed by atoms with van der Waals surface area (Å²) >= 11 is 0. The van der Waals surface area contributed by atoms with E-state index in [1.807, 2.05) is 45.2 Å². The van der Waals surface area contributed by atoms with Crippen LogP contribution >= 0.6 is 0 Å². The van der Waals surface area contributed by atoms with Crippen molar-refractivity contribution in [2.45, 2.75) is 33.1 Å². The Morgan fingerprint density at radius 1 is 1.05 bits per heavy atom. The van der Waals surface area contributed by atoms with Gasteiger partial charge in [0, 0.05) is 11.9 Å². The highest BCUT2D eigenvalue weighted by Crippen LogP contribution is 2.32. The minimum atomic E-state index is 0.365. The first kappa shape index (κ1) is 15.5. The van der Waals surface area contributed by atoms with Crippen molar-refractivity contribution in [1.29, 1.82) is 0 Å². The predicted octanol–water partition coefficient (Wildman–Crippen LogP) is 4.28. The number of likely N-dealkylation sites (N-methyl/N-ethyl adjacent to an activating group) is 1. The molecule has 0 saturated carbocycles. The first-order chi connectivity index (χ1) is 9.27. The molecule has 0 amide bonds. The van der Waals surface area contributed by atoms with E-state index in [2.05, 4.69) is 18.3 Å². The van der Waals surface area contributed by atoms with Gasteiger partial charge in [0.05, 0.1) is 0 Å². The average Bonchev–Trinajstić information content (AvgIpc) is 2.48. The Balaban J connectivity index is 0.000000861. The Kier molecular flexibility index (Phi) is 6.37. The number of rotatable bonds is 4. The highest BCUT2D eigenvalue weighted by Gasteiger charge is 2.13. The van der Waals surface area contributed by atoms with Gasteiger partial charge in [-0.3, -0.25) is 0 Å². The molecule has 1 atom stereocenters. The minimum absolute atomic E-state index is 0.365. The van der Waals surface area contributed by atoms with E-state index in [0.717, 1.165) is 23.7 Å². The second-order valence-corrected chi connectivity index (χ2v) is 4.38. The van der Waals surface area contributed by atoms with Gasteiger partial charge in [0.2, 0.25) is 0 Å². The van der Waals surface area contributed by atoms with Gasteiger partial charge in [-0.1, -0.05) is 51.1 Å². The average molecular weight is 259 g/mol. The van der Waals surface area contributed by atoms with Gasteiger partial charge in [-0.2, -0.15) is 0 Å². The monoisotopic (exact) mass is 259 g/mol. The molecule has 2 aromatic rings. The lowest BCUT2D eigenvalue weighted by Gasteiger charge is -2.17. The molecule has 0 heterocycles. The zero-order valence-electron chi connectivity index (χ0n) is 12.4. The van der Waals surface area contributed by atoms with Crippen LogP contribution in [0, 0.1) is 0 Å². The molecule has 0 saturated heterocycles. The summed E-state index contributed by atoms with van der Waals surface area (Å²) in [4.78, 5) is 0. The highest BCUT2D eigenvalue weighted by molar-refractivity contribution is 5.91. The van der Waals surface area contributed by atoms with Gasteiger partial charge in [0.15, 0.2) is 0 Å². The molecule has 2 nitrogen and oxygen atoms in total. The van der Waals surface area contributed by atoms with Crippen molar-refractivity contribution in [3.8, 4) is 5.75 Å². The van der Waals surface area contributed by atoms with Gasteiger partial charge in [0.25, 0.3) is 0 Å². The minimum Gasteiger partial charge on any atom is -0.507 e. The quantitative estimate of drug-likeness (QED) is 0.858. The SMILES string of the molecule is CC.CCC(CNC)c1ccc(O)c2ccccc12. The first-order valence-corrected chi connectivity index (χ1v) is 7.13. The lowest BCUT2D eigenvalue weighted by molar-refractivity contribution is 0.481. The van der Waals surface area contributed by atoms with E-state index in [9.17, 15) is 5.11 Å². The molecule has 1 unspecified atom stereocenters. The Labute approximate surface area is 116 Å². The Hall–Kier alpha value is -1.54. The van der Waals surface area contributed by atoms with Gasteiger partial charge in [-0.05, 0) is 36.4 Å². The van der Waals surface area contributed by atoms with E-state index in [0.29, 0.717) is 11.7 Å². The van der Waals surface area contributed by atoms with E-state index >= 15 is 0 Å². The lowest BCUT2D eigenvalue weighted by Crippen LogP contribution is -2.16. The molecule has 0 bridgehead atoms. The second kappa shape index (κ2) is 7.80. The van der Waals surface area contributed by atoms with Gasteiger partial charge < -0.3 is 10.4 Å². The van der Waals surface area contributed by atoms with Crippen LogP contribution in [-0.4, -0.2) is 18.7 Å². The zero-order chi connectivity index (χ0) is 14.3. The maximum Gasteiger partial charge on any atom is 0.123 e. The number of aromatic hydroxyl groups is 1. The molecule has 0 fully saturated rings. The molecule has 0 radical (unpaired) electrons. The van der Waals surface area contributed by atoms with Crippen LogP contribution in [0.4, 0.5) is 0 Å². The summed E-state index contributed by atoms with van der Waals surface area (Å²) < 4.78 is 0. The Morgan fingerprint density at radius 3 is 2.26 bits per heavy atom. The lowest BCUT2D eigenvalue weighted by atomic mass is 9.91. The molecule has 2 N–H and O–H groups in total. The Morgan fingerprint density at radius 2 is 1.68 bits per heavy atom. The van der Waals surface area contributed by atoms with Crippen LogP contribution in [0.25, 0.3) is 10.8 Å². The third-order valence-corrected chi connectivity index (χ3v) is 3.32. The molecule has 0 aliphatic heterocycles. The smallest absolute Gasteiger partial charge is 0.123 e. The van der Waals surface area contributed by atoms with Crippen molar-refractivity contribution in [2.75, 3.05) is 13.6 Å². The summed E-state index contributed by atoms with van der Waals surface area (Å²) in [7, 11) is 1.98.